The van der Waals surface area contributed by atoms with Gasteiger partial charge in [0.25, 0.3) is 0 Å². The second kappa shape index (κ2) is 5.82. The van der Waals surface area contributed by atoms with Crippen molar-refractivity contribution in [1.82, 2.24) is 0 Å². The largest absolute Gasteiger partial charge is 0.514 e. The zero-order chi connectivity index (χ0) is 14.6. The van der Waals surface area contributed by atoms with Gasteiger partial charge in [0.05, 0.1) is 14.2 Å². The lowest BCUT2D eigenvalue weighted by molar-refractivity contribution is 0.0205. The van der Waals surface area contributed by atoms with Crippen LogP contribution in [0.5, 0.6) is 17.2 Å². The molecule has 0 amide bonds. The number of methoxy groups -OCH3 is 2. The van der Waals surface area contributed by atoms with Crippen molar-refractivity contribution in [1.29, 1.82) is 0 Å². The number of rotatable bonds is 3. The highest BCUT2D eigenvalue weighted by molar-refractivity contribution is 5.65. The van der Waals surface area contributed by atoms with Gasteiger partial charge in [0, 0.05) is 17.7 Å². The van der Waals surface area contributed by atoms with Crippen LogP contribution >= 0.6 is 0 Å². The van der Waals surface area contributed by atoms with Crippen LogP contribution in [0, 0.1) is 6.92 Å². The normalized spacial score (nSPS) is 10.8. The summed E-state index contributed by atoms with van der Waals surface area (Å²) in [5, 5.41) is 0. The number of ether oxygens (including phenoxy) is 4. The van der Waals surface area contributed by atoms with E-state index in [4.69, 9.17) is 18.9 Å². The molecule has 0 aliphatic rings. The van der Waals surface area contributed by atoms with Crippen molar-refractivity contribution < 1.29 is 23.7 Å². The molecule has 0 N–H and O–H groups in total. The average Bonchev–Trinajstić information content (AvgIpc) is 2.28. The van der Waals surface area contributed by atoms with Gasteiger partial charge in [0.1, 0.15) is 22.8 Å². The lowest BCUT2D eigenvalue weighted by Crippen LogP contribution is -2.26. The highest BCUT2D eigenvalue weighted by Crippen LogP contribution is 2.33. The van der Waals surface area contributed by atoms with Gasteiger partial charge in [0.2, 0.25) is 0 Å². The Kier molecular flexibility index (Phi) is 4.64. The zero-order valence-electron chi connectivity index (χ0n) is 12.2. The Morgan fingerprint density at radius 2 is 1.53 bits per heavy atom. The van der Waals surface area contributed by atoms with Crippen molar-refractivity contribution in [3.05, 3.63) is 17.7 Å². The van der Waals surface area contributed by atoms with Gasteiger partial charge in [-0.25, -0.2) is 4.79 Å². The Morgan fingerprint density at radius 3 is 1.89 bits per heavy atom. The first kappa shape index (κ1) is 15.1. The van der Waals surface area contributed by atoms with Crippen LogP contribution in [0.3, 0.4) is 0 Å². The number of carbonyl (C=O) groups is 1. The summed E-state index contributed by atoms with van der Waals surface area (Å²) in [7, 11) is 3.08. The van der Waals surface area contributed by atoms with Crippen LogP contribution in [0.15, 0.2) is 12.1 Å². The summed E-state index contributed by atoms with van der Waals surface area (Å²) in [4.78, 5) is 11.6. The molecule has 0 aliphatic heterocycles. The van der Waals surface area contributed by atoms with Gasteiger partial charge < -0.3 is 18.9 Å². The molecule has 1 rings (SSSR count). The van der Waals surface area contributed by atoms with Gasteiger partial charge in [0.15, 0.2) is 0 Å². The van der Waals surface area contributed by atoms with Crippen LogP contribution in [0.1, 0.15) is 26.3 Å². The fraction of sp³-hybridized carbons (Fsp3) is 0.500. The van der Waals surface area contributed by atoms with Gasteiger partial charge in [-0.1, -0.05) is 0 Å². The summed E-state index contributed by atoms with van der Waals surface area (Å²) < 4.78 is 20.6. The van der Waals surface area contributed by atoms with Gasteiger partial charge in [-0.15, -0.1) is 0 Å². The molecule has 5 nitrogen and oxygen atoms in total. The summed E-state index contributed by atoms with van der Waals surface area (Å²) in [5.74, 6) is 1.48. The predicted octanol–water partition coefficient (Wildman–Crippen LogP) is 3.33. The maximum Gasteiger partial charge on any atom is 0.514 e. The molecule has 0 heterocycles. The van der Waals surface area contributed by atoms with E-state index in [-0.39, 0.29) is 0 Å². The molecule has 0 unspecified atom stereocenters. The molecule has 0 atom stereocenters. The number of benzene rings is 1. The fourth-order valence-corrected chi connectivity index (χ4v) is 1.49. The average molecular weight is 268 g/mol. The fourth-order valence-electron chi connectivity index (χ4n) is 1.49. The first-order chi connectivity index (χ1) is 8.76. The molecule has 19 heavy (non-hydrogen) atoms. The standard InChI is InChI=1S/C14H20O5/c1-9-11(16-5)7-10(8-12(9)17-6)18-13(15)19-14(2,3)4/h7-8H,1-6H3. The van der Waals surface area contributed by atoms with Crippen LogP contribution in [-0.2, 0) is 4.74 Å². The molecule has 0 aliphatic carbocycles. The van der Waals surface area contributed by atoms with Crippen molar-refractivity contribution >= 4 is 6.16 Å². The zero-order valence-corrected chi connectivity index (χ0v) is 12.2. The third kappa shape index (κ3) is 4.35. The van der Waals surface area contributed by atoms with E-state index in [0.717, 1.165) is 5.56 Å². The van der Waals surface area contributed by atoms with Gasteiger partial charge in [-0.2, -0.15) is 0 Å². The quantitative estimate of drug-likeness (QED) is 0.621. The van der Waals surface area contributed by atoms with Crippen LogP contribution in [0.4, 0.5) is 4.79 Å². The van der Waals surface area contributed by atoms with Gasteiger partial charge in [-0.3, -0.25) is 0 Å². The number of hydrogen-bond acceptors (Lipinski definition) is 5. The Hall–Kier alpha value is -1.91. The second-order valence-corrected chi connectivity index (χ2v) is 5.02. The Balaban J connectivity index is 2.93. The predicted molar refractivity (Wildman–Crippen MR) is 71.1 cm³/mol. The van der Waals surface area contributed by atoms with E-state index in [2.05, 4.69) is 0 Å². The summed E-state index contributed by atoms with van der Waals surface area (Å²) >= 11 is 0. The van der Waals surface area contributed by atoms with Gasteiger partial charge >= 0.3 is 6.16 Å². The summed E-state index contributed by atoms with van der Waals surface area (Å²) in [6.07, 6.45) is -0.763. The smallest absolute Gasteiger partial charge is 0.496 e. The first-order valence-electron chi connectivity index (χ1n) is 5.90. The van der Waals surface area contributed by atoms with E-state index in [9.17, 15) is 4.79 Å². The topological polar surface area (TPSA) is 54.0 Å². The highest BCUT2D eigenvalue weighted by Gasteiger charge is 2.19. The maximum absolute atomic E-state index is 11.6. The van der Waals surface area contributed by atoms with Crippen LogP contribution in [0.2, 0.25) is 0 Å². The SMILES string of the molecule is COc1cc(OC(=O)OC(C)(C)C)cc(OC)c1C. The van der Waals surface area contributed by atoms with E-state index in [1.165, 1.54) is 0 Å². The molecule has 0 fully saturated rings. The molecule has 0 radical (unpaired) electrons. The third-order valence-electron chi connectivity index (χ3n) is 2.32. The minimum atomic E-state index is -0.763. The molecule has 0 spiro atoms. The first-order valence-corrected chi connectivity index (χ1v) is 5.90. The van der Waals surface area contributed by atoms with E-state index in [1.54, 1.807) is 47.1 Å². The molecular weight excluding hydrogens is 248 g/mol. The molecule has 5 heteroatoms. The maximum atomic E-state index is 11.6. The minimum Gasteiger partial charge on any atom is -0.496 e. The van der Waals surface area contributed by atoms with E-state index in [0.29, 0.717) is 17.2 Å². The summed E-state index contributed by atoms with van der Waals surface area (Å²) in [6.45, 7) is 7.16. The van der Waals surface area contributed by atoms with Crippen LogP contribution in [-0.4, -0.2) is 26.0 Å². The van der Waals surface area contributed by atoms with Crippen molar-refractivity contribution in [3.8, 4) is 17.2 Å². The minimum absolute atomic E-state index is 0.313. The van der Waals surface area contributed by atoms with E-state index < -0.39 is 11.8 Å². The Labute approximate surface area is 113 Å². The lowest BCUT2D eigenvalue weighted by Gasteiger charge is -2.19. The summed E-state index contributed by atoms with van der Waals surface area (Å²) in [5.41, 5.74) is 0.234. The van der Waals surface area contributed by atoms with Crippen molar-refractivity contribution in [2.75, 3.05) is 14.2 Å². The van der Waals surface area contributed by atoms with Crippen molar-refractivity contribution in [2.24, 2.45) is 0 Å². The molecular formula is C14H20O5. The van der Waals surface area contributed by atoms with E-state index >= 15 is 0 Å². The van der Waals surface area contributed by atoms with E-state index in [1.807, 2.05) is 6.92 Å². The second-order valence-electron chi connectivity index (χ2n) is 5.02. The van der Waals surface area contributed by atoms with Crippen molar-refractivity contribution in [2.45, 2.75) is 33.3 Å². The van der Waals surface area contributed by atoms with Gasteiger partial charge in [-0.05, 0) is 27.7 Å². The van der Waals surface area contributed by atoms with Crippen LogP contribution < -0.4 is 14.2 Å². The molecule has 0 bridgehead atoms. The lowest BCUT2D eigenvalue weighted by atomic mass is 10.2. The Bertz CT molecular complexity index is 434. The Morgan fingerprint density at radius 1 is 1.05 bits per heavy atom. The summed E-state index contributed by atoms with van der Waals surface area (Å²) in [6, 6.07) is 3.23. The molecule has 1 aromatic carbocycles. The molecule has 0 aromatic heterocycles. The third-order valence-corrected chi connectivity index (χ3v) is 2.32. The highest BCUT2D eigenvalue weighted by atomic mass is 16.7. The van der Waals surface area contributed by atoms with Crippen LogP contribution in [0.25, 0.3) is 0 Å². The molecule has 1 aromatic rings. The molecule has 0 saturated carbocycles. The number of hydrogen-bond donors (Lipinski definition) is 0. The molecule has 106 valence electrons. The van der Waals surface area contributed by atoms with Crippen molar-refractivity contribution in [3.63, 3.8) is 0 Å². The number of carbonyl (C=O) groups excluding carboxylic acids is 1. The molecule has 0 saturated heterocycles. The monoisotopic (exact) mass is 268 g/mol.